The molecule has 10 unspecified atom stereocenters. The van der Waals surface area contributed by atoms with Crippen LogP contribution < -0.4 is 0 Å². The van der Waals surface area contributed by atoms with Crippen molar-refractivity contribution in [3.05, 3.63) is 47.7 Å². The highest BCUT2D eigenvalue weighted by Gasteiger charge is 2.59. The standard InChI is InChI=1S/C25H30O13/c1-25(34)16(27)8-13-14(22(32)33)9-36-23(18(13)25)38-24-21(31)20(30)19(29)15(37-24)10-35-17(28)7-4-11-2-5-12(26)6-3-11/h2-7,9,13,15-16,18-21,23-24,26-27,29-31,34H,8,10H2,1H3,(H,32,33). The average Bonchev–Trinajstić information content (AvgIpc) is 3.11. The molecule has 1 aromatic carbocycles. The lowest BCUT2D eigenvalue weighted by atomic mass is 9.81. The first kappa shape index (κ1) is 28.0. The Morgan fingerprint density at radius 1 is 1.08 bits per heavy atom. The van der Waals surface area contributed by atoms with Crippen molar-refractivity contribution >= 4 is 18.0 Å². The molecule has 2 fully saturated rings. The molecular weight excluding hydrogens is 508 g/mol. The van der Waals surface area contributed by atoms with E-state index in [4.69, 9.17) is 18.9 Å². The van der Waals surface area contributed by atoms with Crippen LogP contribution in [0.1, 0.15) is 18.9 Å². The molecule has 1 aliphatic carbocycles. The topological polar surface area (TPSA) is 213 Å². The summed E-state index contributed by atoms with van der Waals surface area (Å²) in [5.74, 6) is -3.95. The van der Waals surface area contributed by atoms with Crippen molar-refractivity contribution < 1.29 is 64.3 Å². The van der Waals surface area contributed by atoms with Crippen molar-refractivity contribution in [2.24, 2.45) is 11.8 Å². The van der Waals surface area contributed by atoms with Gasteiger partial charge in [0.25, 0.3) is 0 Å². The average molecular weight is 539 g/mol. The van der Waals surface area contributed by atoms with Gasteiger partial charge in [0.15, 0.2) is 6.29 Å². The molecule has 0 bridgehead atoms. The molecule has 2 aliphatic heterocycles. The predicted molar refractivity (Wildman–Crippen MR) is 125 cm³/mol. The number of phenols is 1. The second kappa shape index (κ2) is 11.0. The molecule has 4 rings (SSSR count). The highest BCUT2D eigenvalue weighted by molar-refractivity contribution is 5.87. The molecule has 0 aromatic heterocycles. The number of aliphatic hydroxyl groups excluding tert-OH is 4. The minimum atomic E-state index is -1.82. The third-order valence-corrected chi connectivity index (χ3v) is 7.16. The zero-order valence-electron chi connectivity index (χ0n) is 20.2. The number of fused-ring (bicyclic) bond motifs is 1. The molecule has 0 radical (unpaired) electrons. The maximum absolute atomic E-state index is 12.1. The van der Waals surface area contributed by atoms with E-state index in [1.165, 1.54) is 25.1 Å². The number of carboxylic acids is 1. The van der Waals surface area contributed by atoms with Gasteiger partial charge in [0.1, 0.15) is 36.8 Å². The quantitative estimate of drug-likeness (QED) is 0.161. The normalized spacial score (nSPS) is 38.8. The van der Waals surface area contributed by atoms with Gasteiger partial charge in [0.05, 0.1) is 29.5 Å². The van der Waals surface area contributed by atoms with Gasteiger partial charge in [0.2, 0.25) is 6.29 Å². The molecule has 13 heteroatoms. The number of carbonyl (C=O) groups is 2. The number of rotatable bonds is 7. The molecule has 7 N–H and O–H groups in total. The maximum atomic E-state index is 12.1. The number of ether oxygens (including phenoxy) is 4. The van der Waals surface area contributed by atoms with E-state index < -0.39 is 79.1 Å². The second-order valence-electron chi connectivity index (χ2n) is 9.70. The fourth-order valence-corrected chi connectivity index (χ4v) is 4.94. The number of carbonyl (C=O) groups excluding carboxylic acids is 1. The fraction of sp³-hybridized carbons (Fsp3) is 0.520. The van der Waals surface area contributed by atoms with Gasteiger partial charge in [-0.05, 0) is 37.1 Å². The smallest absolute Gasteiger partial charge is 0.334 e. The Morgan fingerprint density at radius 3 is 2.42 bits per heavy atom. The molecule has 0 spiro atoms. The number of benzene rings is 1. The van der Waals surface area contributed by atoms with Crippen LogP contribution >= 0.6 is 0 Å². The van der Waals surface area contributed by atoms with Gasteiger partial charge in [0, 0.05) is 12.0 Å². The number of carboxylic acid groups (broad SMARTS) is 1. The molecule has 2 heterocycles. The van der Waals surface area contributed by atoms with Gasteiger partial charge in [-0.25, -0.2) is 9.59 Å². The Kier molecular flexibility index (Phi) is 8.09. The van der Waals surface area contributed by atoms with Crippen LogP contribution in [0, 0.1) is 11.8 Å². The monoisotopic (exact) mass is 538 g/mol. The summed E-state index contributed by atoms with van der Waals surface area (Å²) in [4.78, 5) is 23.7. The molecule has 1 saturated carbocycles. The highest BCUT2D eigenvalue weighted by Crippen LogP contribution is 2.49. The van der Waals surface area contributed by atoms with E-state index in [9.17, 15) is 45.3 Å². The van der Waals surface area contributed by atoms with Crippen LogP contribution in [-0.2, 0) is 28.5 Å². The van der Waals surface area contributed by atoms with Crippen LogP contribution in [0.2, 0.25) is 0 Å². The van der Waals surface area contributed by atoms with Crippen LogP contribution in [0.3, 0.4) is 0 Å². The van der Waals surface area contributed by atoms with E-state index in [0.717, 1.165) is 12.3 Å². The van der Waals surface area contributed by atoms with Crippen LogP contribution in [0.25, 0.3) is 6.08 Å². The van der Waals surface area contributed by atoms with Crippen molar-refractivity contribution in [3.8, 4) is 5.75 Å². The molecule has 0 amide bonds. The maximum Gasteiger partial charge on any atom is 0.334 e. The molecule has 13 nitrogen and oxygen atoms in total. The predicted octanol–water partition coefficient (Wildman–Crippen LogP) is -1.15. The zero-order valence-corrected chi connectivity index (χ0v) is 20.2. The molecule has 208 valence electrons. The number of aromatic hydroxyl groups is 1. The molecule has 10 atom stereocenters. The van der Waals surface area contributed by atoms with E-state index in [0.29, 0.717) is 5.56 Å². The number of phenolic OH excluding ortho intramolecular Hbond substituents is 1. The minimum Gasteiger partial charge on any atom is -0.508 e. The van der Waals surface area contributed by atoms with Crippen LogP contribution in [0.4, 0.5) is 0 Å². The third kappa shape index (κ3) is 5.54. The first-order valence-electron chi connectivity index (χ1n) is 11.9. The largest absolute Gasteiger partial charge is 0.508 e. The van der Waals surface area contributed by atoms with Gasteiger partial charge in [-0.1, -0.05) is 12.1 Å². The van der Waals surface area contributed by atoms with Gasteiger partial charge in [-0.3, -0.25) is 0 Å². The van der Waals surface area contributed by atoms with Crippen molar-refractivity contribution in [1.82, 2.24) is 0 Å². The molecule has 3 aliphatic rings. The van der Waals surface area contributed by atoms with E-state index >= 15 is 0 Å². The van der Waals surface area contributed by atoms with Crippen molar-refractivity contribution in [3.63, 3.8) is 0 Å². The van der Waals surface area contributed by atoms with E-state index in [1.54, 1.807) is 12.1 Å². The summed E-state index contributed by atoms with van der Waals surface area (Å²) in [6, 6.07) is 6.01. The number of hydrogen-bond donors (Lipinski definition) is 7. The van der Waals surface area contributed by atoms with Crippen LogP contribution in [0.15, 0.2) is 42.2 Å². The SMILES string of the molecule is CC1(O)C(O)CC2C(C(=O)O)=COC(OC3OC(COC(=O)C=Cc4ccc(O)cc4)C(O)C(O)C3O)C21. The molecule has 1 saturated heterocycles. The fourth-order valence-electron chi connectivity index (χ4n) is 4.94. The van der Waals surface area contributed by atoms with Crippen molar-refractivity contribution in [2.45, 2.75) is 62.0 Å². The van der Waals surface area contributed by atoms with Gasteiger partial charge < -0.3 is 54.7 Å². The van der Waals surface area contributed by atoms with E-state index in [1.807, 2.05) is 0 Å². The zero-order chi connectivity index (χ0) is 27.8. The molecule has 38 heavy (non-hydrogen) atoms. The lowest BCUT2D eigenvalue weighted by Crippen LogP contribution is -2.61. The number of hydrogen-bond acceptors (Lipinski definition) is 12. The second-order valence-corrected chi connectivity index (χ2v) is 9.70. The minimum absolute atomic E-state index is 0.0610. The summed E-state index contributed by atoms with van der Waals surface area (Å²) < 4.78 is 21.7. The van der Waals surface area contributed by atoms with E-state index in [2.05, 4.69) is 0 Å². The van der Waals surface area contributed by atoms with E-state index in [-0.39, 0.29) is 17.7 Å². The third-order valence-electron chi connectivity index (χ3n) is 7.16. The summed E-state index contributed by atoms with van der Waals surface area (Å²) in [5, 5.41) is 71.1. The van der Waals surface area contributed by atoms with Crippen molar-refractivity contribution in [1.29, 1.82) is 0 Å². The molecular formula is C25H30O13. The Bertz CT molecular complexity index is 1080. The summed E-state index contributed by atoms with van der Waals surface area (Å²) in [6.07, 6.45) is -7.47. The Morgan fingerprint density at radius 2 is 1.76 bits per heavy atom. The summed E-state index contributed by atoms with van der Waals surface area (Å²) in [5.41, 5.74) is -1.38. The summed E-state index contributed by atoms with van der Waals surface area (Å²) >= 11 is 0. The highest BCUT2D eigenvalue weighted by atomic mass is 16.8. The Labute approximate surface area is 216 Å². The van der Waals surface area contributed by atoms with Crippen molar-refractivity contribution in [2.75, 3.05) is 6.61 Å². The van der Waals surface area contributed by atoms with Gasteiger partial charge >= 0.3 is 11.9 Å². The summed E-state index contributed by atoms with van der Waals surface area (Å²) in [6.45, 7) is 0.776. The Balaban J connectivity index is 1.43. The number of aliphatic carboxylic acids is 1. The lowest BCUT2D eigenvalue weighted by molar-refractivity contribution is -0.347. The van der Waals surface area contributed by atoms with Gasteiger partial charge in [-0.2, -0.15) is 0 Å². The number of esters is 1. The van der Waals surface area contributed by atoms with Crippen LogP contribution in [0.5, 0.6) is 5.75 Å². The molecule has 1 aromatic rings. The number of aliphatic hydroxyl groups is 5. The summed E-state index contributed by atoms with van der Waals surface area (Å²) in [7, 11) is 0. The van der Waals surface area contributed by atoms with Gasteiger partial charge in [-0.15, -0.1) is 0 Å². The first-order chi connectivity index (χ1) is 17.9. The Hall–Kier alpha value is -3.04. The lowest BCUT2D eigenvalue weighted by Gasteiger charge is -2.44. The first-order valence-corrected chi connectivity index (χ1v) is 11.9. The van der Waals surface area contributed by atoms with Crippen LogP contribution in [-0.4, -0.2) is 103 Å².